The number of hydrogen-bond donors (Lipinski definition) is 3. The van der Waals surface area contributed by atoms with Crippen LogP contribution in [-0.2, 0) is 20.9 Å². The molecule has 4 rings (SSSR count). The molecule has 1 amide bonds. The summed E-state index contributed by atoms with van der Waals surface area (Å²) in [4.78, 5) is 26.5. The van der Waals surface area contributed by atoms with E-state index in [1.165, 1.54) is 11.0 Å². The van der Waals surface area contributed by atoms with Crippen LogP contribution in [0, 0.1) is 0 Å². The molecule has 3 N–H and O–H groups in total. The smallest absolute Gasteiger partial charge is 0.327 e. The molecule has 0 saturated carbocycles. The van der Waals surface area contributed by atoms with Gasteiger partial charge in [0.15, 0.2) is 0 Å². The van der Waals surface area contributed by atoms with E-state index in [0.29, 0.717) is 47.9 Å². The second kappa shape index (κ2) is 12.1. The number of aromatic hydroxyl groups is 1. The van der Waals surface area contributed by atoms with E-state index in [-0.39, 0.29) is 30.3 Å². The van der Waals surface area contributed by atoms with Crippen LogP contribution in [0.5, 0.6) is 5.75 Å². The predicted molar refractivity (Wildman–Crippen MR) is 148 cm³/mol. The fourth-order valence-electron chi connectivity index (χ4n) is 4.60. The van der Waals surface area contributed by atoms with Gasteiger partial charge in [-0.05, 0) is 62.1 Å². The molecule has 0 radical (unpaired) electrons. The molecule has 4 aromatic rings. The molecule has 9 nitrogen and oxygen atoms in total. The molecule has 2 atom stereocenters. The number of hydrogen-bond acceptors (Lipinski definition) is 5. The molecule has 0 saturated heterocycles. The number of rotatable bonds is 12. The number of fused-ring (bicyclic) bond motifs is 3. The van der Waals surface area contributed by atoms with Crippen molar-refractivity contribution in [3.63, 3.8) is 0 Å². The Bertz CT molecular complexity index is 1470. The minimum Gasteiger partial charge on any atom is -0.506 e. The van der Waals surface area contributed by atoms with Gasteiger partial charge in [-0.3, -0.25) is 13.7 Å². The maximum atomic E-state index is 12.7. The number of unbranched alkanes of at least 4 members (excludes halogenated alkanes) is 1. The number of furan rings is 1. The number of carbonyl (C=O) groups excluding carboxylic acids is 1. The summed E-state index contributed by atoms with van der Waals surface area (Å²) in [5.74, 6) is -1.38. The molecular weight excluding hydrogens is 508 g/mol. The molecule has 0 bridgehead atoms. The topological polar surface area (TPSA) is 132 Å². The first kappa shape index (κ1) is 27.2. The zero-order valence-corrected chi connectivity index (χ0v) is 21.8. The lowest BCUT2D eigenvalue weighted by molar-refractivity contribution is -0.138. The summed E-state index contributed by atoms with van der Waals surface area (Å²) in [6.45, 7) is 2.17. The Labute approximate surface area is 222 Å². The first-order valence-electron chi connectivity index (χ1n) is 12.4. The number of nitrogens with zero attached hydrogens (tertiary/aromatic N) is 2. The molecule has 0 aliphatic heterocycles. The van der Waals surface area contributed by atoms with Crippen LogP contribution in [0.3, 0.4) is 0 Å². The second-order valence-electron chi connectivity index (χ2n) is 8.97. The lowest BCUT2D eigenvalue weighted by Crippen LogP contribution is -2.42. The molecule has 3 aromatic carbocycles. The Morgan fingerprint density at radius 1 is 0.974 bits per heavy atom. The van der Waals surface area contributed by atoms with E-state index >= 15 is 0 Å². The van der Waals surface area contributed by atoms with Crippen molar-refractivity contribution < 1.29 is 33.0 Å². The van der Waals surface area contributed by atoms with Crippen molar-refractivity contribution in [2.45, 2.75) is 45.1 Å². The van der Waals surface area contributed by atoms with Crippen LogP contribution in [0.15, 0.2) is 71.1 Å². The Morgan fingerprint density at radius 3 is 2.39 bits per heavy atom. The summed E-state index contributed by atoms with van der Waals surface area (Å²) in [5, 5.41) is 21.8. The Hall–Kier alpha value is -3.89. The van der Waals surface area contributed by atoms with Crippen molar-refractivity contribution in [2.75, 3.05) is 15.7 Å². The molecule has 0 aliphatic rings. The van der Waals surface area contributed by atoms with Crippen LogP contribution in [0.4, 0.5) is 11.4 Å². The average molecular weight is 539 g/mol. The van der Waals surface area contributed by atoms with Crippen molar-refractivity contribution in [1.29, 1.82) is 0 Å². The van der Waals surface area contributed by atoms with Gasteiger partial charge in [0.2, 0.25) is 5.91 Å². The first-order chi connectivity index (χ1) is 18.3. The largest absolute Gasteiger partial charge is 0.506 e. The quantitative estimate of drug-likeness (QED) is 0.156. The number of benzene rings is 3. The van der Waals surface area contributed by atoms with E-state index in [0.717, 1.165) is 9.69 Å². The maximum Gasteiger partial charge on any atom is 0.327 e. The van der Waals surface area contributed by atoms with Gasteiger partial charge in [-0.1, -0.05) is 37.3 Å². The Morgan fingerprint density at radius 2 is 1.68 bits per heavy atom. The van der Waals surface area contributed by atoms with Gasteiger partial charge in [-0.25, -0.2) is 9.00 Å². The van der Waals surface area contributed by atoms with Crippen molar-refractivity contribution in [1.82, 2.24) is 0 Å². The normalized spacial score (nSPS) is 12.9. The summed E-state index contributed by atoms with van der Waals surface area (Å²) in [7, 11) is 0. The van der Waals surface area contributed by atoms with Crippen LogP contribution in [0.25, 0.3) is 21.9 Å². The lowest BCUT2D eigenvalue weighted by atomic mass is 10.1. The zero-order valence-electron chi connectivity index (χ0n) is 20.9. The number of phenols is 1. The van der Waals surface area contributed by atoms with Crippen molar-refractivity contribution >= 4 is 56.5 Å². The van der Waals surface area contributed by atoms with Crippen LogP contribution in [-0.4, -0.2) is 43.4 Å². The van der Waals surface area contributed by atoms with Crippen LogP contribution < -0.4 is 9.21 Å². The fourth-order valence-corrected chi connectivity index (χ4v) is 5.31. The third-order valence-electron chi connectivity index (χ3n) is 6.40. The summed E-state index contributed by atoms with van der Waals surface area (Å²) in [5.41, 5.74) is 1.94. The van der Waals surface area contributed by atoms with Gasteiger partial charge in [-0.2, -0.15) is 0 Å². The predicted octanol–water partition coefficient (Wildman–Crippen LogP) is 5.69. The SMILES string of the molecule is CCCC(=O)N(CCCCC(C(=O)O)N(c1ccc2oc3ccccc3c2c1)S(=O)O)c1ccccc1O. The molecule has 1 heterocycles. The summed E-state index contributed by atoms with van der Waals surface area (Å²) in [6.07, 6.45) is 1.84. The summed E-state index contributed by atoms with van der Waals surface area (Å²) < 4.78 is 29.3. The highest BCUT2D eigenvalue weighted by atomic mass is 32.2. The van der Waals surface area contributed by atoms with E-state index in [1.807, 2.05) is 31.2 Å². The van der Waals surface area contributed by atoms with Gasteiger partial charge < -0.3 is 19.5 Å². The molecule has 10 heteroatoms. The zero-order chi connectivity index (χ0) is 27.2. The van der Waals surface area contributed by atoms with Gasteiger partial charge in [-0.15, -0.1) is 0 Å². The first-order valence-corrected chi connectivity index (χ1v) is 13.5. The highest BCUT2D eigenvalue weighted by Gasteiger charge is 2.30. The van der Waals surface area contributed by atoms with Crippen molar-refractivity contribution in [2.24, 2.45) is 0 Å². The van der Waals surface area contributed by atoms with E-state index < -0.39 is 23.3 Å². The standard InChI is InChI=1S/C28H30N2O7S/c1-2-9-27(32)29(22-11-4-5-13-24(22)31)17-8-7-12-23(28(33)34)30(38(35)36)19-15-16-26-21(18-19)20-10-3-6-14-25(20)37-26/h3-6,10-11,13-16,18,23,31H,2,7-9,12,17H2,1H3,(H,33,34)(H,35,36). The molecule has 2 unspecified atom stereocenters. The molecule has 200 valence electrons. The molecule has 0 spiro atoms. The molecule has 0 fully saturated rings. The summed E-state index contributed by atoms with van der Waals surface area (Å²) >= 11 is -2.60. The Balaban J connectivity index is 1.52. The van der Waals surface area contributed by atoms with E-state index in [4.69, 9.17) is 4.42 Å². The van der Waals surface area contributed by atoms with Crippen molar-refractivity contribution in [3.05, 3.63) is 66.7 Å². The number of carboxylic acid groups (broad SMARTS) is 1. The third kappa shape index (κ3) is 5.81. The van der Waals surface area contributed by atoms with Crippen molar-refractivity contribution in [3.8, 4) is 5.75 Å². The van der Waals surface area contributed by atoms with Gasteiger partial charge in [0.25, 0.3) is 11.3 Å². The van der Waals surface area contributed by atoms with Gasteiger partial charge >= 0.3 is 5.97 Å². The molecule has 38 heavy (non-hydrogen) atoms. The second-order valence-corrected chi connectivity index (χ2v) is 9.82. The average Bonchev–Trinajstić information content (AvgIpc) is 3.26. The molecule has 0 aliphatic carbocycles. The minimum atomic E-state index is -2.60. The van der Waals surface area contributed by atoms with Gasteiger partial charge in [0, 0.05) is 23.7 Å². The van der Waals surface area contributed by atoms with Crippen LogP contribution in [0.1, 0.15) is 39.0 Å². The van der Waals surface area contributed by atoms with E-state index in [2.05, 4.69) is 0 Å². The lowest BCUT2D eigenvalue weighted by Gasteiger charge is -2.27. The van der Waals surface area contributed by atoms with Crippen LogP contribution >= 0.6 is 0 Å². The number of aliphatic carboxylic acids is 1. The van der Waals surface area contributed by atoms with Gasteiger partial charge in [0.1, 0.15) is 23.0 Å². The van der Waals surface area contributed by atoms with E-state index in [1.54, 1.807) is 36.4 Å². The van der Waals surface area contributed by atoms with Crippen LogP contribution in [0.2, 0.25) is 0 Å². The van der Waals surface area contributed by atoms with Gasteiger partial charge in [0.05, 0.1) is 11.4 Å². The maximum absolute atomic E-state index is 12.7. The molecule has 1 aromatic heterocycles. The number of carbonyl (C=O) groups is 2. The number of para-hydroxylation sites is 3. The number of anilines is 2. The number of phenolic OH excluding ortho intramolecular Hbond substituents is 1. The summed E-state index contributed by atoms with van der Waals surface area (Å²) in [6, 6.07) is 17.6. The highest BCUT2D eigenvalue weighted by Crippen LogP contribution is 2.33. The minimum absolute atomic E-state index is 0.00983. The molecular formula is C28H30N2O7S. The highest BCUT2D eigenvalue weighted by molar-refractivity contribution is 7.80. The third-order valence-corrected chi connectivity index (χ3v) is 7.20. The van der Waals surface area contributed by atoms with E-state index in [9.17, 15) is 28.6 Å². The number of amides is 1. The number of carboxylic acids is 1. The Kier molecular flexibility index (Phi) is 8.65. The fraction of sp³-hybridized carbons (Fsp3) is 0.286. The monoisotopic (exact) mass is 538 g/mol.